The maximum absolute atomic E-state index is 9.72. The lowest BCUT2D eigenvalue weighted by Gasteiger charge is -2.08. The molecule has 3 aromatic rings. The van der Waals surface area contributed by atoms with Gasteiger partial charge in [-0.1, -0.05) is 30.3 Å². The molecule has 4 heteroatoms. The molecule has 0 saturated carbocycles. The quantitative estimate of drug-likeness (QED) is 0.685. The van der Waals surface area contributed by atoms with Crippen molar-refractivity contribution in [3.8, 4) is 5.75 Å². The molecule has 1 heterocycles. The van der Waals surface area contributed by atoms with Crippen LogP contribution in [0.4, 0.5) is 11.6 Å². The summed E-state index contributed by atoms with van der Waals surface area (Å²) in [5, 5.41) is 13.7. The Kier molecular flexibility index (Phi) is 2.76. The molecule has 0 radical (unpaired) electrons. The van der Waals surface area contributed by atoms with Crippen LogP contribution in [0.1, 0.15) is 5.56 Å². The van der Waals surface area contributed by atoms with E-state index in [1.54, 1.807) is 24.4 Å². The van der Waals surface area contributed by atoms with Crippen molar-refractivity contribution >= 4 is 22.5 Å². The lowest BCUT2D eigenvalue weighted by atomic mass is 10.1. The van der Waals surface area contributed by atoms with Crippen LogP contribution in [-0.4, -0.2) is 15.1 Å². The molecule has 0 spiro atoms. The molecule has 3 rings (SSSR count). The molecule has 0 amide bonds. The number of anilines is 2. The number of para-hydroxylation sites is 3. The summed E-state index contributed by atoms with van der Waals surface area (Å²) in [6, 6.07) is 13.0. The van der Waals surface area contributed by atoms with Gasteiger partial charge in [-0.15, -0.1) is 0 Å². The average molecular weight is 251 g/mol. The number of hydrogen-bond donors (Lipinski definition) is 2. The van der Waals surface area contributed by atoms with E-state index in [0.717, 1.165) is 16.5 Å². The Morgan fingerprint density at radius 2 is 1.89 bits per heavy atom. The van der Waals surface area contributed by atoms with Gasteiger partial charge >= 0.3 is 0 Å². The van der Waals surface area contributed by atoms with Gasteiger partial charge in [-0.05, 0) is 24.6 Å². The Morgan fingerprint density at radius 3 is 2.74 bits per heavy atom. The van der Waals surface area contributed by atoms with Crippen molar-refractivity contribution in [3.05, 3.63) is 54.2 Å². The van der Waals surface area contributed by atoms with E-state index in [-0.39, 0.29) is 5.75 Å². The minimum absolute atomic E-state index is 0.177. The predicted octanol–water partition coefficient (Wildman–Crippen LogP) is 3.39. The maximum Gasteiger partial charge on any atom is 0.227 e. The SMILES string of the molecule is Cc1cccc2cnc(Nc3ccccc3O)nc12. The number of aryl methyl sites for hydroxylation is 1. The molecule has 0 aliphatic carbocycles. The van der Waals surface area contributed by atoms with Gasteiger partial charge in [-0.25, -0.2) is 9.97 Å². The summed E-state index contributed by atoms with van der Waals surface area (Å²) in [7, 11) is 0. The molecule has 19 heavy (non-hydrogen) atoms. The second-order valence-electron chi connectivity index (χ2n) is 4.35. The molecule has 0 aliphatic heterocycles. The molecule has 0 aliphatic rings. The summed E-state index contributed by atoms with van der Waals surface area (Å²) in [6.07, 6.45) is 1.78. The van der Waals surface area contributed by atoms with Crippen molar-refractivity contribution in [3.63, 3.8) is 0 Å². The van der Waals surface area contributed by atoms with E-state index in [0.29, 0.717) is 11.6 Å². The van der Waals surface area contributed by atoms with Gasteiger partial charge in [0, 0.05) is 11.6 Å². The highest BCUT2D eigenvalue weighted by molar-refractivity contribution is 5.82. The normalized spacial score (nSPS) is 10.6. The van der Waals surface area contributed by atoms with Crippen molar-refractivity contribution in [2.45, 2.75) is 6.92 Å². The first-order valence-electron chi connectivity index (χ1n) is 6.01. The fraction of sp³-hybridized carbons (Fsp3) is 0.0667. The first-order chi connectivity index (χ1) is 9.24. The Morgan fingerprint density at radius 1 is 1.05 bits per heavy atom. The molecule has 0 saturated heterocycles. The van der Waals surface area contributed by atoms with Crippen molar-refractivity contribution in [1.82, 2.24) is 9.97 Å². The van der Waals surface area contributed by atoms with Crippen LogP contribution < -0.4 is 5.32 Å². The number of nitrogens with zero attached hydrogens (tertiary/aromatic N) is 2. The molecule has 0 atom stereocenters. The molecule has 0 unspecified atom stereocenters. The van der Waals surface area contributed by atoms with Gasteiger partial charge in [0.2, 0.25) is 5.95 Å². The zero-order valence-corrected chi connectivity index (χ0v) is 10.5. The molecular weight excluding hydrogens is 238 g/mol. The number of rotatable bonds is 2. The van der Waals surface area contributed by atoms with E-state index in [2.05, 4.69) is 15.3 Å². The third-order valence-electron chi connectivity index (χ3n) is 2.96. The monoisotopic (exact) mass is 251 g/mol. The summed E-state index contributed by atoms with van der Waals surface area (Å²) >= 11 is 0. The number of benzene rings is 2. The Hall–Kier alpha value is -2.62. The van der Waals surface area contributed by atoms with Gasteiger partial charge in [0.15, 0.2) is 0 Å². The number of phenols is 1. The number of hydrogen-bond acceptors (Lipinski definition) is 4. The molecule has 1 aromatic heterocycles. The number of nitrogens with one attached hydrogen (secondary N) is 1. The molecular formula is C15H13N3O. The van der Waals surface area contributed by atoms with Crippen LogP contribution >= 0.6 is 0 Å². The van der Waals surface area contributed by atoms with Crippen LogP contribution in [0.3, 0.4) is 0 Å². The highest BCUT2D eigenvalue weighted by atomic mass is 16.3. The Labute approximate surface area is 110 Å². The topological polar surface area (TPSA) is 58.0 Å². The minimum atomic E-state index is 0.177. The minimum Gasteiger partial charge on any atom is -0.506 e. The van der Waals surface area contributed by atoms with Gasteiger partial charge in [0.1, 0.15) is 5.75 Å². The second-order valence-corrected chi connectivity index (χ2v) is 4.35. The van der Waals surface area contributed by atoms with Gasteiger partial charge in [0.05, 0.1) is 11.2 Å². The zero-order valence-electron chi connectivity index (χ0n) is 10.5. The average Bonchev–Trinajstić information content (AvgIpc) is 2.42. The van der Waals surface area contributed by atoms with E-state index in [4.69, 9.17) is 0 Å². The standard InChI is InChI=1S/C15H13N3O/c1-10-5-4-6-11-9-16-15(18-14(10)11)17-12-7-2-3-8-13(12)19/h2-9,19H,1H3,(H,16,17,18). The molecule has 4 nitrogen and oxygen atoms in total. The zero-order chi connectivity index (χ0) is 13.2. The summed E-state index contributed by atoms with van der Waals surface area (Å²) in [5.74, 6) is 0.652. The lowest BCUT2D eigenvalue weighted by molar-refractivity contribution is 0.477. The van der Waals surface area contributed by atoms with Gasteiger partial charge in [-0.3, -0.25) is 0 Å². The van der Waals surface area contributed by atoms with Gasteiger partial charge in [0.25, 0.3) is 0 Å². The summed E-state index contributed by atoms with van der Waals surface area (Å²) in [5.41, 5.74) is 2.60. The third-order valence-corrected chi connectivity index (χ3v) is 2.96. The largest absolute Gasteiger partial charge is 0.506 e. The van der Waals surface area contributed by atoms with Gasteiger partial charge < -0.3 is 10.4 Å². The molecule has 94 valence electrons. The fourth-order valence-corrected chi connectivity index (χ4v) is 1.96. The molecule has 0 bridgehead atoms. The fourth-order valence-electron chi connectivity index (χ4n) is 1.96. The second kappa shape index (κ2) is 4.57. The summed E-state index contributed by atoms with van der Waals surface area (Å²) in [4.78, 5) is 8.73. The van der Waals surface area contributed by atoms with Crippen LogP contribution in [0.15, 0.2) is 48.7 Å². The first kappa shape index (κ1) is 11.5. The number of aromatic hydroxyl groups is 1. The van der Waals surface area contributed by atoms with Crippen molar-refractivity contribution in [2.24, 2.45) is 0 Å². The first-order valence-corrected chi connectivity index (χ1v) is 6.01. The predicted molar refractivity (Wildman–Crippen MR) is 75.7 cm³/mol. The van der Waals surface area contributed by atoms with E-state index in [9.17, 15) is 5.11 Å². The highest BCUT2D eigenvalue weighted by Gasteiger charge is 2.04. The molecule has 2 N–H and O–H groups in total. The van der Waals surface area contributed by atoms with E-state index in [1.165, 1.54) is 0 Å². The van der Waals surface area contributed by atoms with Crippen molar-refractivity contribution in [1.29, 1.82) is 0 Å². The van der Waals surface area contributed by atoms with Crippen LogP contribution in [0, 0.1) is 6.92 Å². The molecule has 0 fully saturated rings. The van der Waals surface area contributed by atoms with Crippen LogP contribution in [0.5, 0.6) is 5.75 Å². The van der Waals surface area contributed by atoms with Crippen LogP contribution in [0.2, 0.25) is 0 Å². The van der Waals surface area contributed by atoms with Crippen molar-refractivity contribution in [2.75, 3.05) is 5.32 Å². The van der Waals surface area contributed by atoms with Crippen LogP contribution in [-0.2, 0) is 0 Å². The summed E-state index contributed by atoms with van der Waals surface area (Å²) < 4.78 is 0. The summed E-state index contributed by atoms with van der Waals surface area (Å²) in [6.45, 7) is 2.01. The lowest BCUT2D eigenvalue weighted by Crippen LogP contribution is -1.98. The van der Waals surface area contributed by atoms with Crippen LogP contribution in [0.25, 0.3) is 10.9 Å². The smallest absolute Gasteiger partial charge is 0.227 e. The van der Waals surface area contributed by atoms with E-state index < -0.39 is 0 Å². The van der Waals surface area contributed by atoms with Gasteiger partial charge in [-0.2, -0.15) is 0 Å². The Bertz CT molecular complexity index is 740. The van der Waals surface area contributed by atoms with E-state index in [1.807, 2.05) is 31.2 Å². The highest BCUT2D eigenvalue weighted by Crippen LogP contribution is 2.25. The van der Waals surface area contributed by atoms with Crippen molar-refractivity contribution < 1.29 is 5.11 Å². The third kappa shape index (κ3) is 2.20. The number of fused-ring (bicyclic) bond motifs is 1. The Balaban J connectivity index is 2.02. The van der Waals surface area contributed by atoms with E-state index >= 15 is 0 Å². The number of phenolic OH excluding ortho intramolecular Hbond substituents is 1. The number of aromatic nitrogens is 2. The maximum atomic E-state index is 9.72. The molecule has 2 aromatic carbocycles.